The zero-order chi connectivity index (χ0) is 22.2. The topological polar surface area (TPSA) is 69.2 Å². The molecule has 7 heteroatoms. The molecule has 0 spiro atoms. The quantitative estimate of drug-likeness (QED) is 0.396. The Bertz CT molecular complexity index is 1100. The van der Waals surface area contributed by atoms with Crippen LogP contribution in [-0.4, -0.2) is 26.3 Å². The van der Waals surface area contributed by atoms with Crippen LogP contribution in [0.2, 0.25) is 5.02 Å². The maximum atomic E-state index is 12.5. The van der Waals surface area contributed by atoms with E-state index in [1.807, 2.05) is 43.3 Å². The molecule has 0 unspecified atom stereocenters. The van der Waals surface area contributed by atoms with E-state index < -0.39 is 0 Å². The van der Waals surface area contributed by atoms with Gasteiger partial charge < -0.3 is 14.2 Å². The Balaban J connectivity index is 1.76. The van der Waals surface area contributed by atoms with Crippen LogP contribution in [0.1, 0.15) is 27.0 Å². The predicted octanol–water partition coefficient (Wildman–Crippen LogP) is 5.01. The number of nitrogens with zero attached hydrogens (tertiary/aromatic N) is 1. The van der Waals surface area contributed by atoms with E-state index in [1.165, 1.54) is 13.3 Å². The van der Waals surface area contributed by atoms with Gasteiger partial charge in [-0.2, -0.15) is 5.10 Å². The molecule has 1 N–H and O–H groups in total. The Kier molecular flexibility index (Phi) is 7.51. The fraction of sp³-hybridized carbons (Fsp3) is 0.167. The van der Waals surface area contributed by atoms with E-state index in [1.54, 1.807) is 31.4 Å². The Morgan fingerprint density at radius 1 is 1.03 bits per heavy atom. The van der Waals surface area contributed by atoms with Crippen LogP contribution >= 0.6 is 11.6 Å². The van der Waals surface area contributed by atoms with Gasteiger partial charge in [0.15, 0.2) is 11.5 Å². The molecule has 3 rings (SSSR count). The van der Waals surface area contributed by atoms with Gasteiger partial charge in [-0.1, -0.05) is 35.9 Å². The number of nitrogens with one attached hydrogen (secondary N) is 1. The highest BCUT2D eigenvalue weighted by molar-refractivity contribution is 6.30. The molecule has 0 aliphatic carbocycles. The molecule has 0 radical (unpaired) electrons. The lowest BCUT2D eigenvalue weighted by Gasteiger charge is -2.13. The molecule has 0 heterocycles. The average Bonchev–Trinajstić information content (AvgIpc) is 2.77. The first-order valence-electron chi connectivity index (χ1n) is 9.54. The maximum absolute atomic E-state index is 12.5. The number of hydrogen-bond acceptors (Lipinski definition) is 5. The highest BCUT2D eigenvalue weighted by Gasteiger charge is 2.13. The van der Waals surface area contributed by atoms with E-state index in [4.69, 9.17) is 25.8 Å². The summed E-state index contributed by atoms with van der Waals surface area (Å²) in [5, 5.41) is 4.72. The van der Waals surface area contributed by atoms with Crippen LogP contribution in [0.4, 0.5) is 0 Å². The third-order valence-electron chi connectivity index (χ3n) is 4.47. The number of benzene rings is 3. The molecular formula is C24H23ClN2O4. The van der Waals surface area contributed by atoms with Gasteiger partial charge in [-0.15, -0.1) is 0 Å². The minimum Gasteiger partial charge on any atom is -0.496 e. The van der Waals surface area contributed by atoms with Crippen molar-refractivity contribution in [1.29, 1.82) is 0 Å². The van der Waals surface area contributed by atoms with Crippen molar-refractivity contribution in [2.45, 2.75) is 13.5 Å². The van der Waals surface area contributed by atoms with Crippen LogP contribution in [0.25, 0.3) is 0 Å². The third kappa shape index (κ3) is 5.77. The SMILES string of the molecule is COc1cc(C)ccc1C(=O)NN=Cc1cccc(OC)c1OCc1cccc(Cl)c1. The Morgan fingerprint density at radius 2 is 1.81 bits per heavy atom. The van der Waals surface area contributed by atoms with Gasteiger partial charge in [-0.25, -0.2) is 5.43 Å². The van der Waals surface area contributed by atoms with Gasteiger partial charge >= 0.3 is 0 Å². The average molecular weight is 439 g/mol. The van der Waals surface area contributed by atoms with E-state index in [2.05, 4.69) is 10.5 Å². The van der Waals surface area contributed by atoms with Crippen molar-refractivity contribution in [3.05, 3.63) is 87.9 Å². The summed E-state index contributed by atoms with van der Waals surface area (Å²) in [6, 6.07) is 18.2. The number of hydrogen-bond donors (Lipinski definition) is 1. The second-order valence-electron chi connectivity index (χ2n) is 6.70. The number of halogens is 1. The monoisotopic (exact) mass is 438 g/mol. The van der Waals surface area contributed by atoms with Crippen molar-refractivity contribution in [2.24, 2.45) is 5.10 Å². The lowest BCUT2D eigenvalue weighted by Crippen LogP contribution is -2.18. The number of carbonyl (C=O) groups is 1. The summed E-state index contributed by atoms with van der Waals surface area (Å²) in [6.45, 7) is 2.23. The number of methoxy groups -OCH3 is 2. The minimum absolute atomic E-state index is 0.300. The third-order valence-corrected chi connectivity index (χ3v) is 4.71. The second kappa shape index (κ2) is 10.5. The number of hydrazone groups is 1. The molecule has 0 fully saturated rings. The summed E-state index contributed by atoms with van der Waals surface area (Å²) in [7, 11) is 3.09. The molecule has 0 saturated carbocycles. The molecule has 0 aromatic heterocycles. The Morgan fingerprint density at radius 3 is 2.55 bits per heavy atom. The normalized spacial score (nSPS) is 10.7. The van der Waals surface area contributed by atoms with Crippen molar-refractivity contribution in [2.75, 3.05) is 14.2 Å². The summed E-state index contributed by atoms with van der Waals surface area (Å²) in [4.78, 5) is 12.5. The van der Waals surface area contributed by atoms with Crippen LogP contribution < -0.4 is 19.6 Å². The summed E-state index contributed by atoms with van der Waals surface area (Å²) < 4.78 is 16.7. The number of rotatable bonds is 8. The Hall–Kier alpha value is -3.51. The number of ether oxygens (including phenoxy) is 3. The van der Waals surface area contributed by atoms with Gasteiger partial charge in [-0.3, -0.25) is 4.79 Å². The van der Waals surface area contributed by atoms with Crippen LogP contribution in [0, 0.1) is 6.92 Å². The molecule has 3 aromatic rings. The van der Waals surface area contributed by atoms with Crippen LogP contribution in [0.3, 0.4) is 0 Å². The van der Waals surface area contributed by atoms with Gasteiger partial charge in [0, 0.05) is 10.6 Å². The molecule has 3 aromatic carbocycles. The van der Waals surface area contributed by atoms with E-state index in [0.29, 0.717) is 40.0 Å². The standard InChI is InChI=1S/C24H23ClN2O4/c1-16-10-11-20(22(12-16)30-3)24(28)27-26-14-18-7-5-9-21(29-2)23(18)31-15-17-6-4-8-19(25)13-17/h4-14H,15H2,1-3H3,(H,27,28). The molecule has 0 aliphatic heterocycles. The van der Waals surface area contributed by atoms with Crippen molar-refractivity contribution >= 4 is 23.7 Å². The number of carbonyl (C=O) groups excluding carboxylic acids is 1. The lowest BCUT2D eigenvalue weighted by atomic mass is 10.1. The van der Waals surface area contributed by atoms with Crippen LogP contribution in [0.15, 0.2) is 65.8 Å². The molecule has 0 bridgehead atoms. The smallest absolute Gasteiger partial charge is 0.275 e. The highest BCUT2D eigenvalue weighted by Crippen LogP contribution is 2.31. The number of amides is 1. The Labute approximate surface area is 186 Å². The van der Waals surface area contributed by atoms with E-state index >= 15 is 0 Å². The largest absolute Gasteiger partial charge is 0.496 e. The summed E-state index contributed by atoms with van der Waals surface area (Å²) in [6.07, 6.45) is 1.51. The van der Waals surface area contributed by atoms with E-state index in [-0.39, 0.29) is 5.91 Å². The van der Waals surface area contributed by atoms with Gasteiger partial charge in [0.2, 0.25) is 0 Å². The molecule has 0 aliphatic rings. The predicted molar refractivity (Wildman–Crippen MR) is 122 cm³/mol. The fourth-order valence-corrected chi connectivity index (χ4v) is 3.15. The number of para-hydroxylation sites is 1. The molecule has 31 heavy (non-hydrogen) atoms. The summed E-state index contributed by atoms with van der Waals surface area (Å²) in [5.74, 6) is 1.17. The molecule has 0 saturated heterocycles. The molecule has 1 amide bonds. The van der Waals surface area contributed by atoms with Gasteiger partial charge in [0.1, 0.15) is 12.4 Å². The second-order valence-corrected chi connectivity index (χ2v) is 7.14. The van der Waals surface area contributed by atoms with Crippen LogP contribution in [0.5, 0.6) is 17.2 Å². The molecule has 0 atom stereocenters. The highest BCUT2D eigenvalue weighted by atomic mass is 35.5. The van der Waals surface area contributed by atoms with Gasteiger partial charge in [0.05, 0.1) is 26.0 Å². The first-order valence-corrected chi connectivity index (χ1v) is 9.92. The zero-order valence-electron chi connectivity index (χ0n) is 17.5. The van der Waals surface area contributed by atoms with E-state index in [0.717, 1.165) is 11.1 Å². The zero-order valence-corrected chi connectivity index (χ0v) is 18.3. The molecule has 6 nitrogen and oxygen atoms in total. The summed E-state index contributed by atoms with van der Waals surface area (Å²) in [5.41, 5.74) is 5.48. The van der Waals surface area contributed by atoms with Gasteiger partial charge in [-0.05, 0) is 54.4 Å². The first kappa shape index (κ1) is 22.2. The lowest BCUT2D eigenvalue weighted by molar-refractivity contribution is 0.0952. The van der Waals surface area contributed by atoms with Crippen molar-refractivity contribution < 1.29 is 19.0 Å². The van der Waals surface area contributed by atoms with Crippen LogP contribution in [-0.2, 0) is 6.61 Å². The maximum Gasteiger partial charge on any atom is 0.275 e. The minimum atomic E-state index is -0.377. The van der Waals surface area contributed by atoms with Gasteiger partial charge in [0.25, 0.3) is 5.91 Å². The molecular weight excluding hydrogens is 416 g/mol. The van der Waals surface area contributed by atoms with Crippen molar-refractivity contribution in [3.63, 3.8) is 0 Å². The number of aryl methyl sites for hydroxylation is 1. The van der Waals surface area contributed by atoms with Crippen molar-refractivity contribution in [1.82, 2.24) is 5.43 Å². The molecule has 160 valence electrons. The summed E-state index contributed by atoms with van der Waals surface area (Å²) >= 11 is 6.04. The fourth-order valence-electron chi connectivity index (χ4n) is 2.94. The van der Waals surface area contributed by atoms with Crippen molar-refractivity contribution in [3.8, 4) is 17.2 Å². The first-order chi connectivity index (χ1) is 15.0. The van der Waals surface area contributed by atoms with E-state index in [9.17, 15) is 4.79 Å².